The van der Waals surface area contributed by atoms with E-state index >= 15 is 0 Å². The van der Waals surface area contributed by atoms with Gasteiger partial charge in [-0.3, -0.25) is 43.3 Å². The zero-order valence-corrected chi connectivity index (χ0v) is 73.4. The van der Waals surface area contributed by atoms with Gasteiger partial charge in [0.05, 0.1) is 107 Å². The molecule has 10 aromatic heterocycles. The van der Waals surface area contributed by atoms with Crippen LogP contribution in [0.4, 0.5) is 110 Å². The average molecular weight is 1820 g/mol. The quantitative estimate of drug-likeness (QED) is 0.0603. The highest BCUT2D eigenvalue weighted by Crippen LogP contribution is 2.46. The number of methoxy groups -OCH3 is 2. The number of pyridine rings is 5. The van der Waals surface area contributed by atoms with Crippen LogP contribution in [0, 0.1) is 0 Å². The zero-order chi connectivity index (χ0) is 95.8. The number of ether oxygens (including phenoxy) is 5. The van der Waals surface area contributed by atoms with Crippen LogP contribution in [-0.2, 0) is 60.9 Å². The number of amides is 8. The second-order valence-corrected chi connectivity index (χ2v) is 31.6. The van der Waals surface area contributed by atoms with Crippen molar-refractivity contribution in [2.75, 3.05) is 73.2 Å². The molecule has 0 saturated carbocycles. The van der Waals surface area contributed by atoms with Crippen molar-refractivity contribution in [3.05, 3.63) is 271 Å². The lowest BCUT2D eigenvalue weighted by atomic mass is 10.0. The van der Waals surface area contributed by atoms with Crippen LogP contribution in [0.5, 0.6) is 29.1 Å². The standard InChI is InChI=1S/C25H23F2N5O3.C25H25N5O2.C24H18F2N6O3.C23H21FN6O2/c1-15-20-9-11-23(35-14-22(26)27)28-24(20)32(17-4-7-19(34-3)8-5-17)25(33)31(15)18-6-10-21-16(12-18)13-30(2)29-21;1-4-5-19-7-6-17-16-29(21-10-13-23-18(14-21)15-28(2)27-23)25(31)30(24(17)26-19)20-8-11-22(32-3)12-9-20;1-30-10-15-8-16(3-5-18(15)29-30)31-11-14-2-7-22(34-12-21(25)26)28-23(14)32(24(31)33)17-4-6-20-19(9-17)27-13-35-20;1-3-32-21-9-4-15-14-29(18-7-8-20-16(10-18)13-28(2)27-20)23(31)30(22(15)26-21)19-6-5-17(11-24)25-12-19/h4-13,15,22H,14H2,1-3H3;6-15H,4-5,16H2,1-3H3;2-10,13,21H,11-12H2,1H3;4-10,12-13H,3,11,14H2,1-2H3/i3D3;;;. The third kappa shape index (κ3) is 17.9. The van der Waals surface area contributed by atoms with Gasteiger partial charge in [0.15, 0.2) is 31.0 Å². The number of aryl methyl sites for hydroxylation is 5. The number of aromatic nitrogens is 14. The number of nitrogens with zero attached hydrogens (tertiary/aromatic N) is 22. The van der Waals surface area contributed by atoms with Gasteiger partial charge in [0.2, 0.25) is 17.6 Å². The number of alkyl halides is 5. The fraction of sp³-hybridized carbons (Fsp3) is 0.216. The van der Waals surface area contributed by atoms with Crippen LogP contribution in [0.3, 0.4) is 0 Å². The topological polar surface area (TPSA) is 302 Å². The summed E-state index contributed by atoms with van der Waals surface area (Å²) in [4.78, 5) is 94.6. The second-order valence-electron chi connectivity index (χ2n) is 31.6. The van der Waals surface area contributed by atoms with Crippen LogP contribution in [0.1, 0.15) is 71.0 Å². The number of carbonyl (C=O) groups is 4. The van der Waals surface area contributed by atoms with Crippen LogP contribution in [-0.4, -0.2) is 140 Å². The molecular formula is C97H87F5N22O10. The minimum absolute atomic E-state index is 0.00888. The number of hydrogen-bond donors (Lipinski definition) is 0. The van der Waals surface area contributed by atoms with Crippen molar-refractivity contribution in [2.45, 2.75) is 78.8 Å². The maximum atomic E-state index is 14.0. The minimum atomic E-state index is -2.69. The molecule has 7 aromatic carbocycles. The number of oxazole rings is 1. The number of benzene rings is 7. The Hall–Kier alpha value is -16.6. The largest absolute Gasteiger partial charge is 0.497 e. The van der Waals surface area contributed by atoms with E-state index in [-0.39, 0.29) is 48.0 Å². The molecular weight excluding hydrogens is 1730 g/mol. The van der Waals surface area contributed by atoms with Crippen LogP contribution >= 0.6 is 0 Å². The normalized spacial score (nSPS) is 14.6. The molecule has 1 unspecified atom stereocenters. The Balaban J connectivity index is 0.000000122. The van der Waals surface area contributed by atoms with Gasteiger partial charge >= 0.3 is 24.1 Å². The molecule has 0 fully saturated rings. The Morgan fingerprint density at radius 2 is 0.836 bits per heavy atom. The lowest BCUT2D eigenvalue weighted by Crippen LogP contribution is -2.47. The molecule has 8 amide bonds. The first-order chi connectivity index (χ1) is 66.1. The molecule has 0 saturated heterocycles. The fourth-order valence-electron chi connectivity index (χ4n) is 16.3. The van der Waals surface area contributed by atoms with Crippen molar-refractivity contribution < 1.29 is 73.3 Å². The predicted octanol–water partition coefficient (Wildman–Crippen LogP) is 20.2. The van der Waals surface area contributed by atoms with E-state index in [1.807, 2.05) is 164 Å². The number of carbonyl (C=O) groups excluding carboxylic acids is 4. The second kappa shape index (κ2) is 37.5. The summed E-state index contributed by atoms with van der Waals surface area (Å²) in [5.74, 6) is 2.93. The van der Waals surface area contributed by atoms with Crippen LogP contribution in [0.2, 0.25) is 0 Å². The van der Waals surface area contributed by atoms with E-state index < -0.39 is 51.9 Å². The fourth-order valence-corrected chi connectivity index (χ4v) is 16.3. The van der Waals surface area contributed by atoms with E-state index in [4.69, 9.17) is 37.2 Å². The summed E-state index contributed by atoms with van der Waals surface area (Å²) < 4.78 is 124. The Morgan fingerprint density at radius 3 is 1.30 bits per heavy atom. The molecule has 4 aliphatic rings. The van der Waals surface area contributed by atoms with Crippen molar-refractivity contribution in [3.8, 4) is 29.1 Å². The molecule has 1 atom stereocenters. The Morgan fingerprint density at radius 1 is 0.425 bits per heavy atom. The number of fused-ring (bicyclic) bond motifs is 9. The van der Waals surface area contributed by atoms with Gasteiger partial charge in [-0.1, -0.05) is 19.4 Å². The summed E-state index contributed by atoms with van der Waals surface area (Å²) in [5.41, 5.74) is 14.0. The molecule has 680 valence electrons. The molecule has 134 heavy (non-hydrogen) atoms. The van der Waals surface area contributed by atoms with Crippen molar-refractivity contribution in [2.24, 2.45) is 28.2 Å². The summed E-state index contributed by atoms with van der Waals surface area (Å²) in [6.07, 6.45) is 6.96. The summed E-state index contributed by atoms with van der Waals surface area (Å²) in [6.45, 7) is 5.07. The summed E-state index contributed by atoms with van der Waals surface area (Å²) in [7, 11) is 6.40. The zero-order valence-electron chi connectivity index (χ0n) is 76.4. The number of urea groups is 4. The Labute approximate surface area is 766 Å². The SMILES string of the molecule is CCCc1ccc2c(n1)N(c1ccc(OC)cc1)C(=O)N(c1ccc3nn(C)cc3c1)C2.CCOc1ccc2c(n1)N(c1ccc(CF)nc1)C(=O)N(c1ccc3nn(C)cc3c1)C2.Cn1cc2cc(N3Cc4ccc(OCC(F)F)nc4N(c4ccc5ocnc5c4)C3=O)ccc2n1.[2H]C([2H])([2H])Oc1ccc(N2C(=O)N(c3ccc4nn(C)cc4c3)C(C)c3ccc(OCC(F)F)nc32)cc1. The molecule has 37 heteroatoms. The van der Waals surface area contributed by atoms with Gasteiger partial charge in [-0.15, -0.1) is 0 Å². The van der Waals surface area contributed by atoms with Crippen molar-refractivity contribution in [1.82, 2.24) is 69.0 Å². The van der Waals surface area contributed by atoms with E-state index in [9.17, 15) is 41.1 Å². The van der Waals surface area contributed by atoms with Gasteiger partial charge in [-0.05, 0) is 196 Å². The molecule has 4 aliphatic heterocycles. The smallest absolute Gasteiger partial charge is 0.335 e. The summed E-state index contributed by atoms with van der Waals surface area (Å²) in [5, 5.41) is 21.3. The Bertz CT molecular complexity index is 7210. The summed E-state index contributed by atoms with van der Waals surface area (Å²) >= 11 is 0. The predicted molar refractivity (Wildman–Crippen MR) is 497 cm³/mol. The lowest BCUT2D eigenvalue weighted by molar-refractivity contribution is 0.0794. The first kappa shape index (κ1) is 84.2. The van der Waals surface area contributed by atoms with E-state index in [2.05, 4.69) is 64.4 Å². The van der Waals surface area contributed by atoms with E-state index in [0.717, 1.165) is 102 Å². The average Bonchev–Trinajstić information content (AvgIpc) is 1.31. The highest BCUT2D eigenvalue weighted by molar-refractivity contribution is 6.15. The number of hydrogen-bond acceptors (Lipinski definition) is 20. The van der Waals surface area contributed by atoms with E-state index in [1.54, 1.807) is 105 Å². The monoisotopic (exact) mass is 1820 g/mol. The third-order valence-corrected chi connectivity index (χ3v) is 22.5. The molecule has 17 aromatic rings. The molecule has 21 rings (SSSR count). The third-order valence-electron chi connectivity index (χ3n) is 22.5. The molecule has 0 N–H and O–H groups in total. The molecule has 0 bridgehead atoms. The van der Waals surface area contributed by atoms with Crippen molar-refractivity contribution in [1.29, 1.82) is 0 Å². The first-order valence-electron chi connectivity index (χ1n) is 44.0. The van der Waals surface area contributed by atoms with Gasteiger partial charge in [0, 0.05) is 143 Å². The molecule has 0 spiro atoms. The molecule has 14 heterocycles. The van der Waals surface area contributed by atoms with Gasteiger partial charge in [-0.2, -0.15) is 35.3 Å². The minimum Gasteiger partial charge on any atom is -0.497 e. The highest BCUT2D eigenvalue weighted by Gasteiger charge is 2.42. The maximum Gasteiger partial charge on any atom is 0.335 e. The van der Waals surface area contributed by atoms with Gasteiger partial charge in [0.1, 0.15) is 41.1 Å². The molecule has 32 nitrogen and oxygen atoms in total. The molecule has 0 radical (unpaired) electrons. The maximum absolute atomic E-state index is 14.0. The Kier molecular flexibility index (Phi) is 23.5. The van der Waals surface area contributed by atoms with Crippen molar-refractivity contribution >= 4 is 148 Å². The lowest BCUT2D eigenvalue weighted by Gasteiger charge is -2.40. The van der Waals surface area contributed by atoms with E-state index in [0.29, 0.717) is 93.8 Å². The van der Waals surface area contributed by atoms with Gasteiger partial charge in [-0.25, -0.2) is 70.7 Å². The van der Waals surface area contributed by atoms with Gasteiger partial charge < -0.3 is 28.1 Å². The van der Waals surface area contributed by atoms with Crippen LogP contribution in [0.25, 0.3) is 54.7 Å². The van der Waals surface area contributed by atoms with E-state index in [1.165, 1.54) is 63.7 Å². The first-order valence-corrected chi connectivity index (χ1v) is 42.5. The molecule has 0 aliphatic carbocycles. The highest BCUT2D eigenvalue weighted by atomic mass is 19.3. The summed E-state index contributed by atoms with van der Waals surface area (Å²) in [6, 6.07) is 57.1. The van der Waals surface area contributed by atoms with Crippen LogP contribution in [0.15, 0.2) is 242 Å². The van der Waals surface area contributed by atoms with Crippen molar-refractivity contribution in [3.63, 3.8) is 0 Å². The number of halogens is 5. The van der Waals surface area contributed by atoms with Gasteiger partial charge in [0.25, 0.3) is 12.9 Å². The number of rotatable bonds is 21. The van der Waals surface area contributed by atoms with Crippen LogP contribution < -0.4 is 62.9 Å². The number of anilines is 12.